The second-order valence-electron chi connectivity index (χ2n) is 5.09. The highest BCUT2D eigenvalue weighted by Gasteiger charge is 2.19. The molecule has 0 aliphatic carbocycles. The van der Waals surface area contributed by atoms with Gasteiger partial charge in [0.2, 0.25) is 0 Å². The number of nitrogens with two attached hydrogens (primary N) is 1. The molecule has 0 aliphatic heterocycles. The lowest BCUT2D eigenvalue weighted by atomic mass is 10.0. The van der Waals surface area contributed by atoms with E-state index in [0.717, 1.165) is 30.8 Å². The van der Waals surface area contributed by atoms with Crippen LogP contribution in [-0.2, 0) is 19.9 Å². The van der Waals surface area contributed by atoms with E-state index in [1.165, 1.54) is 6.42 Å². The first-order valence-electron chi connectivity index (χ1n) is 5.84. The van der Waals surface area contributed by atoms with E-state index in [2.05, 4.69) is 16.5 Å². The van der Waals surface area contributed by atoms with Crippen molar-refractivity contribution < 1.29 is 0 Å². The highest BCUT2D eigenvalue weighted by Crippen LogP contribution is 2.21. The summed E-state index contributed by atoms with van der Waals surface area (Å²) in [5, 5.41) is 0.604. The standard InChI is InChI=1S/C12H22ClN3/c1-5-6-7-10-15-11(13)9(16(10)4)8-12(2,3)14/h5-8,14H2,1-4H3. The van der Waals surface area contributed by atoms with Gasteiger partial charge in [-0.15, -0.1) is 0 Å². The Kier molecular flexibility index (Phi) is 4.39. The number of nitrogens with zero attached hydrogens (tertiary/aromatic N) is 2. The second-order valence-corrected chi connectivity index (χ2v) is 5.45. The van der Waals surface area contributed by atoms with Gasteiger partial charge in [-0.3, -0.25) is 0 Å². The summed E-state index contributed by atoms with van der Waals surface area (Å²) in [7, 11) is 2.02. The third kappa shape index (κ3) is 3.49. The molecule has 92 valence electrons. The Hall–Kier alpha value is -0.540. The van der Waals surface area contributed by atoms with E-state index in [0.29, 0.717) is 5.15 Å². The van der Waals surface area contributed by atoms with Crippen LogP contribution in [0.4, 0.5) is 0 Å². The lowest BCUT2D eigenvalue weighted by Gasteiger charge is -2.18. The normalized spacial score (nSPS) is 12.1. The number of aryl methyl sites for hydroxylation is 1. The molecule has 1 rings (SSSR count). The molecule has 0 bridgehead atoms. The number of hydrogen-bond donors (Lipinski definition) is 1. The number of unbranched alkanes of at least 4 members (excludes halogenated alkanes) is 1. The molecular weight excluding hydrogens is 222 g/mol. The minimum atomic E-state index is -0.251. The van der Waals surface area contributed by atoms with Crippen molar-refractivity contribution in [1.29, 1.82) is 0 Å². The summed E-state index contributed by atoms with van der Waals surface area (Å²) in [5.74, 6) is 1.06. The lowest BCUT2D eigenvalue weighted by Crippen LogP contribution is -2.35. The van der Waals surface area contributed by atoms with Crippen molar-refractivity contribution in [3.8, 4) is 0 Å². The zero-order valence-electron chi connectivity index (χ0n) is 10.7. The minimum absolute atomic E-state index is 0.251. The monoisotopic (exact) mass is 243 g/mol. The van der Waals surface area contributed by atoms with E-state index in [4.69, 9.17) is 17.3 Å². The van der Waals surface area contributed by atoms with Crippen LogP contribution in [0.15, 0.2) is 0 Å². The molecule has 0 aliphatic rings. The van der Waals surface area contributed by atoms with E-state index in [1.54, 1.807) is 0 Å². The zero-order valence-corrected chi connectivity index (χ0v) is 11.4. The fourth-order valence-electron chi connectivity index (χ4n) is 1.73. The van der Waals surface area contributed by atoms with Gasteiger partial charge in [-0.05, 0) is 20.3 Å². The Morgan fingerprint density at radius 3 is 2.56 bits per heavy atom. The summed E-state index contributed by atoms with van der Waals surface area (Å²) in [5.41, 5.74) is 6.81. The molecule has 0 amide bonds. The average Bonchev–Trinajstić information content (AvgIpc) is 2.40. The molecular formula is C12H22ClN3. The molecule has 2 N–H and O–H groups in total. The lowest BCUT2D eigenvalue weighted by molar-refractivity contribution is 0.499. The Bertz CT molecular complexity index is 350. The van der Waals surface area contributed by atoms with E-state index >= 15 is 0 Å². The largest absolute Gasteiger partial charge is 0.334 e. The van der Waals surface area contributed by atoms with Crippen LogP contribution in [-0.4, -0.2) is 15.1 Å². The van der Waals surface area contributed by atoms with Gasteiger partial charge in [0, 0.05) is 25.4 Å². The van der Waals surface area contributed by atoms with Crippen molar-refractivity contribution in [3.63, 3.8) is 0 Å². The number of imidazole rings is 1. The van der Waals surface area contributed by atoms with Crippen molar-refractivity contribution in [2.75, 3.05) is 0 Å². The van der Waals surface area contributed by atoms with Crippen LogP contribution in [0.2, 0.25) is 5.15 Å². The first-order valence-corrected chi connectivity index (χ1v) is 6.22. The van der Waals surface area contributed by atoms with Gasteiger partial charge in [0.1, 0.15) is 5.82 Å². The molecule has 1 heterocycles. The van der Waals surface area contributed by atoms with Gasteiger partial charge in [0.05, 0.1) is 5.69 Å². The van der Waals surface area contributed by atoms with Crippen LogP contribution in [0.1, 0.15) is 45.1 Å². The Balaban J connectivity index is 2.89. The molecule has 0 saturated carbocycles. The number of hydrogen-bond acceptors (Lipinski definition) is 2. The number of aromatic nitrogens is 2. The molecule has 0 saturated heterocycles. The summed E-state index contributed by atoms with van der Waals surface area (Å²) in [6.45, 7) is 6.18. The van der Waals surface area contributed by atoms with Crippen LogP contribution in [0.3, 0.4) is 0 Å². The highest BCUT2D eigenvalue weighted by molar-refractivity contribution is 6.30. The van der Waals surface area contributed by atoms with Crippen LogP contribution < -0.4 is 5.73 Å². The van der Waals surface area contributed by atoms with Crippen molar-refractivity contribution in [1.82, 2.24) is 9.55 Å². The molecule has 4 heteroatoms. The molecule has 3 nitrogen and oxygen atoms in total. The molecule has 1 aromatic heterocycles. The minimum Gasteiger partial charge on any atom is -0.334 e. The highest BCUT2D eigenvalue weighted by atomic mass is 35.5. The summed E-state index contributed by atoms with van der Waals surface area (Å²) in [4.78, 5) is 4.40. The summed E-state index contributed by atoms with van der Waals surface area (Å²) in [6, 6.07) is 0. The first kappa shape index (κ1) is 13.5. The van der Waals surface area contributed by atoms with Crippen molar-refractivity contribution in [2.24, 2.45) is 12.8 Å². The van der Waals surface area contributed by atoms with Crippen molar-refractivity contribution in [2.45, 2.75) is 52.0 Å². The zero-order chi connectivity index (χ0) is 12.3. The van der Waals surface area contributed by atoms with E-state index in [1.807, 2.05) is 20.9 Å². The van der Waals surface area contributed by atoms with Gasteiger partial charge in [0.25, 0.3) is 0 Å². The molecule has 1 aromatic rings. The number of halogens is 1. The van der Waals surface area contributed by atoms with Crippen LogP contribution in [0, 0.1) is 0 Å². The fourth-order valence-corrected chi connectivity index (χ4v) is 2.02. The smallest absolute Gasteiger partial charge is 0.150 e. The summed E-state index contributed by atoms with van der Waals surface area (Å²) in [6.07, 6.45) is 4.05. The average molecular weight is 244 g/mol. The molecule has 0 fully saturated rings. The van der Waals surface area contributed by atoms with Gasteiger partial charge in [0.15, 0.2) is 5.15 Å². The predicted octanol–water partition coefficient (Wildman–Crippen LogP) is 2.70. The van der Waals surface area contributed by atoms with Gasteiger partial charge >= 0.3 is 0 Å². The SMILES string of the molecule is CCCCc1nc(Cl)c(CC(C)(C)N)n1C. The maximum atomic E-state index is 6.15. The maximum absolute atomic E-state index is 6.15. The Morgan fingerprint density at radius 2 is 2.06 bits per heavy atom. The fraction of sp³-hybridized carbons (Fsp3) is 0.750. The maximum Gasteiger partial charge on any atom is 0.150 e. The van der Waals surface area contributed by atoms with E-state index in [9.17, 15) is 0 Å². The predicted molar refractivity (Wildman–Crippen MR) is 68.8 cm³/mol. The van der Waals surface area contributed by atoms with Gasteiger partial charge < -0.3 is 10.3 Å². The van der Waals surface area contributed by atoms with Crippen LogP contribution in [0.25, 0.3) is 0 Å². The summed E-state index contributed by atoms with van der Waals surface area (Å²) < 4.78 is 2.09. The third-order valence-corrected chi connectivity index (χ3v) is 2.94. The first-order chi connectivity index (χ1) is 7.35. The topological polar surface area (TPSA) is 43.8 Å². The molecule has 16 heavy (non-hydrogen) atoms. The van der Waals surface area contributed by atoms with Crippen molar-refractivity contribution >= 4 is 11.6 Å². The molecule has 0 unspecified atom stereocenters. The van der Waals surface area contributed by atoms with E-state index in [-0.39, 0.29) is 5.54 Å². The van der Waals surface area contributed by atoms with Gasteiger partial charge in [-0.2, -0.15) is 0 Å². The van der Waals surface area contributed by atoms with Gasteiger partial charge in [-0.25, -0.2) is 4.98 Å². The van der Waals surface area contributed by atoms with Crippen LogP contribution >= 0.6 is 11.6 Å². The number of rotatable bonds is 5. The van der Waals surface area contributed by atoms with Crippen molar-refractivity contribution in [3.05, 3.63) is 16.7 Å². The van der Waals surface area contributed by atoms with Gasteiger partial charge in [-0.1, -0.05) is 24.9 Å². The molecule has 0 aromatic carbocycles. The molecule has 0 atom stereocenters. The van der Waals surface area contributed by atoms with E-state index < -0.39 is 0 Å². The Morgan fingerprint density at radius 1 is 1.44 bits per heavy atom. The summed E-state index contributed by atoms with van der Waals surface area (Å²) >= 11 is 6.15. The molecule has 0 spiro atoms. The quantitative estimate of drug-likeness (QED) is 0.864. The second kappa shape index (κ2) is 5.19. The Labute approximate surface area is 103 Å². The molecule has 0 radical (unpaired) electrons. The third-order valence-electron chi connectivity index (χ3n) is 2.63. The van der Waals surface area contributed by atoms with Crippen LogP contribution in [0.5, 0.6) is 0 Å².